The third kappa shape index (κ3) is 6.21. The average Bonchev–Trinajstić information content (AvgIpc) is 2.77. The van der Waals surface area contributed by atoms with Gasteiger partial charge in [0.1, 0.15) is 10.3 Å². The van der Waals surface area contributed by atoms with Gasteiger partial charge in [-0.3, -0.25) is 10.2 Å². The molecule has 1 amide bonds. The van der Waals surface area contributed by atoms with Crippen molar-refractivity contribution < 1.29 is 9.18 Å². The molecule has 0 radical (unpaired) electrons. The number of benzene rings is 1. The summed E-state index contributed by atoms with van der Waals surface area (Å²) in [6, 6.07) is 12.6. The van der Waals surface area contributed by atoms with E-state index in [1.165, 1.54) is 0 Å². The highest BCUT2D eigenvalue weighted by molar-refractivity contribution is 9.10. The summed E-state index contributed by atoms with van der Waals surface area (Å²) in [7, 11) is 0. The number of pyridine rings is 1. The van der Waals surface area contributed by atoms with Crippen molar-refractivity contribution in [3.63, 3.8) is 0 Å². The maximum Gasteiger partial charge on any atom is 0.274 e. The van der Waals surface area contributed by atoms with Crippen molar-refractivity contribution in [2.24, 2.45) is 0 Å². The lowest BCUT2D eigenvalue weighted by Crippen LogP contribution is -2.55. The van der Waals surface area contributed by atoms with Crippen LogP contribution in [0, 0.1) is 5.82 Å². The van der Waals surface area contributed by atoms with E-state index in [0.717, 1.165) is 19.3 Å². The molecule has 0 spiro atoms. The summed E-state index contributed by atoms with van der Waals surface area (Å²) in [6.45, 7) is 5.75. The number of anilines is 4. The van der Waals surface area contributed by atoms with E-state index in [1.54, 1.807) is 42.5 Å². The van der Waals surface area contributed by atoms with Crippen LogP contribution < -0.4 is 21.4 Å². The van der Waals surface area contributed by atoms with Gasteiger partial charge in [0.15, 0.2) is 11.6 Å². The van der Waals surface area contributed by atoms with Crippen LogP contribution >= 0.6 is 15.9 Å². The normalized spacial score (nSPS) is 18.5. The third-order valence-corrected chi connectivity index (χ3v) is 5.35. The number of aromatic nitrogens is 3. The molecule has 2 atom stereocenters. The number of nitrogens with zero attached hydrogens (tertiary/aromatic N) is 4. The molecule has 1 aliphatic rings. The van der Waals surface area contributed by atoms with Crippen LogP contribution in [-0.2, 0) is 0 Å². The Morgan fingerprint density at radius 1 is 1.09 bits per heavy atom. The van der Waals surface area contributed by atoms with E-state index in [4.69, 9.17) is 0 Å². The number of nitrogens with one attached hydrogen (secondary N) is 4. The lowest BCUT2D eigenvalue weighted by atomic mass is 10.2. The molecule has 9 nitrogen and oxygen atoms in total. The van der Waals surface area contributed by atoms with Crippen molar-refractivity contribution in [3.8, 4) is 0 Å². The molecular weight excluding hydrogens is 491 g/mol. The van der Waals surface area contributed by atoms with Gasteiger partial charge in [-0.2, -0.15) is 4.98 Å². The van der Waals surface area contributed by atoms with Gasteiger partial charge >= 0.3 is 0 Å². The zero-order valence-electron chi connectivity index (χ0n) is 18.1. The topological polar surface area (TPSA) is 107 Å². The Bertz CT molecular complexity index is 1120. The smallest absolute Gasteiger partial charge is 0.274 e. The Labute approximate surface area is 199 Å². The Morgan fingerprint density at radius 3 is 2.48 bits per heavy atom. The van der Waals surface area contributed by atoms with Gasteiger partial charge in [-0.15, -0.1) is 0 Å². The number of carbonyl (C=O) groups excluding carboxylic acids is 1. The maximum atomic E-state index is 14.3. The largest absolute Gasteiger partial charge is 0.338 e. The second-order valence-corrected chi connectivity index (χ2v) is 8.69. The van der Waals surface area contributed by atoms with Crippen molar-refractivity contribution >= 4 is 45.0 Å². The van der Waals surface area contributed by atoms with Gasteiger partial charge in [0.05, 0.1) is 6.20 Å². The van der Waals surface area contributed by atoms with Gasteiger partial charge in [-0.25, -0.2) is 19.4 Å². The van der Waals surface area contributed by atoms with Crippen LogP contribution in [0.25, 0.3) is 0 Å². The molecule has 3 heterocycles. The van der Waals surface area contributed by atoms with E-state index in [-0.39, 0.29) is 11.7 Å². The zero-order valence-corrected chi connectivity index (χ0v) is 19.7. The Kier molecular flexibility index (Phi) is 7.11. The van der Waals surface area contributed by atoms with Crippen LogP contribution in [-0.4, -0.2) is 51.0 Å². The van der Waals surface area contributed by atoms with Crippen LogP contribution in [0.1, 0.15) is 24.3 Å². The predicted octanol–water partition coefficient (Wildman–Crippen LogP) is 3.78. The molecule has 0 bridgehead atoms. The summed E-state index contributed by atoms with van der Waals surface area (Å²) in [5.41, 5.74) is 4.64. The molecule has 172 valence electrons. The van der Waals surface area contributed by atoms with Crippen molar-refractivity contribution in [1.29, 1.82) is 0 Å². The SMILES string of the molecule is C[C@@H]1CN(Nc2ncc(F)c(Nc3ccc(NC(=O)c4cccc(Br)n4)cc3)n2)C[C@H](C)N1. The molecule has 1 fully saturated rings. The summed E-state index contributed by atoms with van der Waals surface area (Å²) < 4.78 is 14.9. The summed E-state index contributed by atoms with van der Waals surface area (Å²) in [5, 5.41) is 11.2. The second-order valence-electron chi connectivity index (χ2n) is 7.88. The fourth-order valence-corrected chi connectivity index (χ4v) is 3.92. The van der Waals surface area contributed by atoms with Gasteiger partial charge in [0.2, 0.25) is 5.95 Å². The highest BCUT2D eigenvalue weighted by Gasteiger charge is 2.21. The number of amides is 1. The highest BCUT2D eigenvalue weighted by Crippen LogP contribution is 2.21. The summed E-state index contributed by atoms with van der Waals surface area (Å²) in [6.07, 6.45) is 1.13. The van der Waals surface area contributed by atoms with Crippen LogP contribution in [0.3, 0.4) is 0 Å². The number of carbonyl (C=O) groups is 1. The standard InChI is InChI=1S/C22H24BrFN8O/c1-13-11-32(12-14(2)26-13)31-22-25-10-17(24)20(30-22)27-15-6-8-16(9-7-15)28-21(33)18-4-3-5-19(23)29-18/h3-10,13-14,26H,11-12H2,1-2H3,(H,28,33)(H2,25,27,30,31)/t13-,14+. The molecule has 11 heteroatoms. The first-order valence-corrected chi connectivity index (χ1v) is 11.3. The minimum absolute atomic E-state index is 0.0545. The van der Waals surface area contributed by atoms with E-state index in [0.29, 0.717) is 39.7 Å². The first-order chi connectivity index (χ1) is 15.9. The first kappa shape index (κ1) is 23.0. The molecule has 0 saturated carbocycles. The number of piperazine rings is 1. The van der Waals surface area contributed by atoms with Crippen LogP contribution in [0.4, 0.5) is 27.5 Å². The summed E-state index contributed by atoms with van der Waals surface area (Å²) in [5.74, 6) is -0.531. The molecule has 1 saturated heterocycles. The quantitative estimate of drug-likeness (QED) is 0.368. The van der Waals surface area contributed by atoms with Crippen molar-refractivity contribution in [3.05, 3.63) is 64.8 Å². The van der Waals surface area contributed by atoms with Crippen LogP contribution in [0.15, 0.2) is 53.3 Å². The van der Waals surface area contributed by atoms with E-state index in [2.05, 4.69) is 66.1 Å². The van der Waals surface area contributed by atoms with Gasteiger partial charge in [0, 0.05) is 36.5 Å². The van der Waals surface area contributed by atoms with Gasteiger partial charge in [0.25, 0.3) is 5.91 Å². The molecule has 0 unspecified atom stereocenters. The number of hydrogen-bond donors (Lipinski definition) is 4. The number of rotatable bonds is 6. The number of hydrazine groups is 1. The lowest BCUT2D eigenvalue weighted by molar-refractivity contribution is 0.102. The summed E-state index contributed by atoms with van der Waals surface area (Å²) in [4.78, 5) is 24.8. The van der Waals surface area contributed by atoms with Gasteiger partial charge in [-0.1, -0.05) is 6.07 Å². The Hall–Kier alpha value is -3.15. The molecule has 33 heavy (non-hydrogen) atoms. The molecular formula is C22H24BrFN8O. The van der Waals surface area contributed by atoms with Crippen molar-refractivity contribution in [2.45, 2.75) is 25.9 Å². The van der Waals surface area contributed by atoms with Gasteiger partial charge < -0.3 is 16.0 Å². The minimum atomic E-state index is -0.569. The number of hydrogen-bond acceptors (Lipinski definition) is 8. The monoisotopic (exact) mass is 514 g/mol. The molecule has 4 rings (SSSR count). The molecule has 1 aromatic carbocycles. The van der Waals surface area contributed by atoms with E-state index >= 15 is 0 Å². The molecule has 4 N–H and O–H groups in total. The van der Waals surface area contributed by atoms with E-state index < -0.39 is 5.82 Å². The predicted molar refractivity (Wildman–Crippen MR) is 129 cm³/mol. The molecule has 1 aliphatic heterocycles. The number of halogens is 2. The lowest BCUT2D eigenvalue weighted by Gasteiger charge is -2.35. The van der Waals surface area contributed by atoms with E-state index in [1.807, 2.05) is 5.01 Å². The second kappa shape index (κ2) is 10.2. The maximum absolute atomic E-state index is 14.3. The molecule has 0 aliphatic carbocycles. The van der Waals surface area contributed by atoms with E-state index in [9.17, 15) is 9.18 Å². The molecule has 3 aromatic rings. The van der Waals surface area contributed by atoms with Gasteiger partial charge in [-0.05, 0) is 66.2 Å². The zero-order chi connectivity index (χ0) is 23.4. The van der Waals surface area contributed by atoms with Crippen molar-refractivity contribution in [2.75, 3.05) is 29.1 Å². The molecule has 2 aromatic heterocycles. The van der Waals surface area contributed by atoms with Crippen LogP contribution in [0.2, 0.25) is 0 Å². The minimum Gasteiger partial charge on any atom is -0.338 e. The summed E-state index contributed by atoms with van der Waals surface area (Å²) >= 11 is 3.25. The van der Waals surface area contributed by atoms with Crippen molar-refractivity contribution in [1.82, 2.24) is 25.3 Å². The highest BCUT2D eigenvalue weighted by atomic mass is 79.9. The Morgan fingerprint density at radius 2 is 1.79 bits per heavy atom. The average molecular weight is 515 g/mol. The fraction of sp³-hybridized carbons (Fsp3) is 0.273. The van der Waals surface area contributed by atoms with Crippen LogP contribution in [0.5, 0.6) is 0 Å². The fourth-order valence-electron chi connectivity index (χ4n) is 3.57. The Balaban J connectivity index is 1.40. The first-order valence-electron chi connectivity index (χ1n) is 10.5. The third-order valence-electron chi connectivity index (χ3n) is 4.91.